The van der Waals surface area contributed by atoms with Crippen LogP contribution in [0.1, 0.15) is 18.9 Å². The maximum absolute atomic E-state index is 14.7. The SMILES string of the molecule is Nc1nc2c(ncn2C2CC3(OCP(=O)(O)O)CC3C2F)c(=O)[nH]1. The van der Waals surface area contributed by atoms with Gasteiger partial charge in [-0.2, -0.15) is 4.98 Å². The van der Waals surface area contributed by atoms with E-state index < -0.39 is 43.2 Å². The fraction of sp³-hybridized carbons (Fsp3) is 0.583. The van der Waals surface area contributed by atoms with Crippen molar-refractivity contribution in [1.82, 2.24) is 19.5 Å². The van der Waals surface area contributed by atoms with Crippen molar-refractivity contribution in [2.24, 2.45) is 5.92 Å². The van der Waals surface area contributed by atoms with E-state index in [1.807, 2.05) is 0 Å². The second-order valence-corrected chi connectivity index (χ2v) is 7.89. The average molecular weight is 359 g/mol. The third-order valence-corrected chi connectivity index (χ3v) is 5.18. The molecule has 4 atom stereocenters. The van der Waals surface area contributed by atoms with E-state index in [1.165, 1.54) is 10.9 Å². The van der Waals surface area contributed by atoms with E-state index in [1.54, 1.807) is 0 Å². The highest BCUT2D eigenvalue weighted by Crippen LogP contribution is 2.64. The average Bonchev–Trinajstić information content (AvgIpc) is 2.92. The predicted molar refractivity (Wildman–Crippen MR) is 79.9 cm³/mol. The van der Waals surface area contributed by atoms with Gasteiger partial charge in [-0.25, -0.2) is 9.37 Å². The Kier molecular flexibility index (Phi) is 3.17. The van der Waals surface area contributed by atoms with Gasteiger partial charge in [-0.15, -0.1) is 0 Å². The maximum atomic E-state index is 14.7. The van der Waals surface area contributed by atoms with Crippen molar-refractivity contribution < 1.29 is 23.5 Å². The number of H-pyrrole nitrogens is 1. The molecule has 24 heavy (non-hydrogen) atoms. The molecular weight excluding hydrogens is 344 g/mol. The monoisotopic (exact) mass is 359 g/mol. The Morgan fingerprint density at radius 2 is 2.29 bits per heavy atom. The Morgan fingerprint density at radius 3 is 3.00 bits per heavy atom. The highest BCUT2D eigenvalue weighted by molar-refractivity contribution is 7.51. The maximum Gasteiger partial charge on any atom is 0.351 e. The lowest BCUT2D eigenvalue weighted by atomic mass is 10.1. The topological polar surface area (TPSA) is 156 Å². The summed E-state index contributed by atoms with van der Waals surface area (Å²) in [7, 11) is -4.32. The second kappa shape index (κ2) is 4.85. The Morgan fingerprint density at radius 1 is 1.54 bits per heavy atom. The van der Waals surface area contributed by atoms with E-state index in [9.17, 15) is 13.8 Å². The first-order valence-electron chi connectivity index (χ1n) is 7.25. The van der Waals surface area contributed by atoms with Crippen molar-refractivity contribution >= 4 is 24.7 Å². The molecule has 0 amide bonds. The normalized spacial score (nSPS) is 32.2. The summed E-state index contributed by atoms with van der Waals surface area (Å²) in [5.74, 6) is -0.536. The zero-order valence-corrected chi connectivity index (χ0v) is 13.2. The minimum atomic E-state index is -4.32. The number of nitrogens with two attached hydrogens (primary N) is 1. The van der Waals surface area contributed by atoms with Gasteiger partial charge in [0.15, 0.2) is 11.2 Å². The molecule has 10 nitrogen and oxygen atoms in total. The Balaban J connectivity index is 1.65. The summed E-state index contributed by atoms with van der Waals surface area (Å²) in [6.45, 7) is 0. The number of imidazole rings is 1. The van der Waals surface area contributed by atoms with Crippen molar-refractivity contribution in [2.45, 2.75) is 30.7 Å². The van der Waals surface area contributed by atoms with E-state index >= 15 is 0 Å². The van der Waals surface area contributed by atoms with Crippen molar-refractivity contribution in [3.63, 3.8) is 0 Å². The van der Waals surface area contributed by atoms with Gasteiger partial charge in [0.1, 0.15) is 12.5 Å². The molecule has 2 saturated carbocycles. The third-order valence-electron chi connectivity index (χ3n) is 4.72. The van der Waals surface area contributed by atoms with Crippen molar-refractivity contribution in [3.05, 3.63) is 16.7 Å². The van der Waals surface area contributed by atoms with Gasteiger partial charge >= 0.3 is 7.60 Å². The minimum absolute atomic E-state index is 0.0576. The number of hydrogen-bond acceptors (Lipinski definition) is 6. The zero-order chi connectivity index (χ0) is 17.3. The lowest BCUT2D eigenvalue weighted by molar-refractivity contribution is 0.0442. The van der Waals surface area contributed by atoms with Crippen LogP contribution in [0, 0.1) is 5.92 Å². The van der Waals surface area contributed by atoms with Crippen LogP contribution in [0.5, 0.6) is 0 Å². The smallest absolute Gasteiger partial charge is 0.351 e. The summed E-state index contributed by atoms with van der Waals surface area (Å²) in [4.78, 5) is 40.0. The van der Waals surface area contributed by atoms with Crippen LogP contribution in [-0.4, -0.2) is 47.4 Å². The number of anilines is 1. The van der Waals surface area contributed by atoms with E-state index in [0.29, 0.717) is 6.42 Å². The van der Waals surface area contributed by atoms with Crippen molar-refractivity contribution in [1.29, 1.82) is 0 Å². The number of rotatable bonds is 4. The van der Waals surface area contributed by atoms with E-state index in [2.05, 4.69) is 15.0 Å². The number of halogens is 1. The van der Waals surface area contributed by atoms with Gasteiger partial charge in [0.25, 0.3) is 5.56 Å². The molecule has 2 aliphatic carbocycles. The van der Waals surface area contributed by atoms with Gasteiger partial charge in [-0.05, 0) is 6.42 Å². The molecule has 0 aromatic carbocycles. The van der Waals surface area contributed by atoms with E-state index in [4.69, 9.17) is 20.3 Å². The molecule has 2 aliphatic rings. The molecule has 0 radical (unpaired) electrons. The minimum Gasteiger partial charge on any atom is -0.369 e. The first-order valence-corrected chi connectivity index (χ1v) is 9.05. The number of ether oxygens (including phenoxy) is 1. The third kappa shape index (κ3) is 2.35. The fourth-order valence-corrected chi connectivity index (χ4v) is 3.99. The molecule has 0 saturated heterocycles. The summed E-state index contributed by atoms with van der Waals surface area (Å²) in [5, 5.41) is 0. The molecule has 0 bridgehead atoms. The largest absolute Gasteiger partial charge is 0.369 e. The highest BCUT2D eigenvalue weighted by atomic mass is 31.2. The Hall–Kier alpha value is -1.81. The van der Waals surface area contributed by atoms with E-state index in [-0.39, 0.29) is 23.5 Å². The van der Waals surface area contributed by atoms with Crippen molar-refractivity contribution in [3.8, 4) is 0 Å². The standard InChI is InChI=1S/C12H15FN5O5P/c13-7-5-1-12(5,23-4-24(20,21)22)2-6(7)18-3-15-8-9(18)16-11(14)17-10(8)19/h3,5-7H,1-2,4H2,(H2,20,21,22)(H3,14,16,17,19). The molecule has 4 rings (SSSR count). The van der Waals surface area contributed by atoms with Gasteiger partial charge in [0.2, 0.25) is 5.95 Å². The summed E-state index contributed by atoms with van der Waals surface area (Å²) in [5.41, 5.74) is 4.37. The van der Waals surface area contributed by atoms with Gasteiger partial charge < -0.3 is 24.8 Å². The summed E-state index contributed by atoms with van der Waals surface area (Å²) < 4.78 is 32.5. The molecule has 0 aliphatic heterocycles. The molecule has 130 valence electrons. The van der Waals surface area contributed by atoms with Gasteiger partial charge in [0.05, 0.1) is 18.0 Å². The highest BCUT2D eigenvalue weighted by Gasteiger charge is 2.68. The van der Waals surface area contributed by atoms with Crippen LogP contribution in [0.2, 0.25) is 0 Å². The fourth-order valence-electron chi connectivity index (χ4n) is 3.56. The molecule has 12 heteroatoms. The lowest BCUT2D eigenvalue weighted by Gasteiger charge is -2.20. The number of hydrogen-bond donors (Lipinski definition) is 4. The summed E-state index contributed by atoms with van der Waals surface area (Å²) in [6, 6.07) is -0.681. The number of nitrogens with zero attached hydrogens (tertiary/aromatic N) is 3. The van der Waals surface area contributed by atoms with Crippen LogP contribution >= 0.6 is 7.60 Å². The molecule has 2 heterocycles. The van der Waals surface area contributed by atoms with Crippen LogP contribution in [-0.2, 0) is 9.30 Å². The predicted octanol–water partition coefficient (Wildman–Crippen LogP) is -0.105. The first-order chi connectivity index (χ1) is 11.2. The van der Waals surface area contributed by atoms with Crippen LogP contribution in [0.3, 0.4) is 0 Å². The summed E-state index contributed by atoms with van der Waals surface area (Å²) >= 11 is 0. The van der Waals surface area contributed by atoms with Crippen LogP contribution in [0.4, 0.5) is 10.3 Å². The molecular formula is C12H15FN5O5P. The molecule has 0 spiro atoms. The molecule has 4 unspecified atom stereocenters. The van der Waals surface area contributed by atoms with Gasteiger partial charge in [-0.1, -0.05) is 0 Å². The molecule has 2 aromatic rings. The van der Waals surface area contributed by atoms with Crippen LogP contribution in [0.15, 0.2) is 11.1 Å². The Labute approximate surface area is 134 Å². The van der Waals surface area contributed by atoms with Gasteiger partial charge in [0, 0.05) is 12.3 Å². The number of aromatic nitrogens is 4. The number of aromatic amines is 1. The number of nitrogen functional groups attached to an aromatic ring is 1. The number of nitrogens with one attached hydrogen (secondary N) is 1. The molecule has 2 aromatic heterocycles. The first kappa shape index (κ1) is 15.7. The van der Waals surface area contributed by atoms with Gasteiger partial charge in [-0.3, -0.25) is 14.3 Å². The zero-order valence-electron chi connectivity index (χ0n) is 12.3. The molecule has 2 fully saturated rings. The number of alkyl halides is 1. The number of fused-ring (bicyclic) bond motifs is 2. The van der Waals surface area contributed by atoms with Crippen LogP contribution in [0.25, 0.3) is 11.2 Å². The Bertz CT molecular complexity index is 924. The van der Waals surface area contributed by atoms with Crippen molar-refractivity contribution in [2.75, 3.05) is 12.1 Å². The summed E-state index contributed by atoms with van der Waals surface area (Å²) in [6.07, 6.45) is -0.0724. The van der Waals surface area contributed by atoms with E-state index in [0.717, 1.165) is 0 Å². The van der Waals surface area contributed by atoms with Crippen LogP contribution < -0.4 is 11.3 Å². The quantitative estimate of drug-likeness (QED) is 0.551. The lowest BCUT2D eigenvalue weighted by Crippen LogP contribution is -2.21. The molecule has 5 N–H and O–H groups in total. The second-order valence-electron chi connectivity index (χ2n) is 6.30.